The third-order valence-electron chi connectivity index (χ3n) is 2.37. The maximum absolute atomic E-state index is 5.82. The molecule has 0 radical (unpaired) electrons. The lowest BCUT2D eigenvalue weighted by molar-refractivity contribution is 0.649. The first-order valence-electron chi connectivity index (χ1n) is 5.19. The van der Waals surface area contributed by atoms with Crippen molar-refractivity contribution in [3.8, 4) is 0 Å². The molecule has 0 nitrogen and oxygen atoms in total. The van der Waals surface area contributed by atoms with E-state index in [0.29, 0.717) is 0 Å². The van der Waals surface area contributed by atoms with Crippen molar-refractivity contribution in [2.45, 2.75) is 19.1 Å². The molecular weight excluding hydrogens is 244 g/mol. The van der Waals surface area contributed by atoms with Crippen LogP contribution in [0.15, 0.2) is 24.3 Å². The van der Waals surface area contributed by atoms with Crippen molar-refractivity contribution in [2.75, 3.05) is 11.5 Å². The average Bonchev–Trinajstić information content (AvgIpc) is 2.27. The molecule has 1 aromatic rings. The van der Waals surface area contributed by atoms with Crippen LogP contribution >= 0.6 is 36.0 Å². The van der Waals surface area contributed by atoms with Crippen molar-refractivity contribution in [3.63, 3.8) is 0 Å². The van der Waals surface area contributed by atoms with Crippen LogP contribution in [0.25, 0.3) is 0 Å². The standard InChI is InChI=1S/C12H17ClS2/c1-2-10(7-14)8-15-9-11-3-5-12(13)6-4-11/h3-6,10,14H,2,7-9H2,1H3. The zero-order valence-corrected chi connectivity index (χ0v) is 11.4. The monoisotopic (exact) mass is 260 g/mol. The number of thioether (sulfide) groups is 1. The van der Waals surface area contributed by atoms with Crippen molar-refractivity contribution in [1.82, 2.24) is 0 Å². The van der Waals surface area contributed by atoms with Gasteiger partial charge < -0.3 is 0 Å². The number of hydrogen-bond donors (Lipinski definition) is 1. The first-order chi connectivity index (χ1) is 7.26. The van der Waals surface area contributed by atoms with Crippen molar-refractivity contribution < 1.29 is 0 Å². The first kappa shape index (κ1) is 13.3. The van der Waals surface area contributed by atoms with Gasteiger partial charge in [0.1, 0.15) is 0 Å². The molecule has 1 rings (SSSR count). The molecule has 0 amide bonds. The minimum atomic E-state index is 0.741. The van der Waals surface area contributed by atoms with E-state index in [4.69, 9.17) is 11.6 Å². The van der Waals surface area contributed by atoms with E-state index in [1.165, 1.54) is 17.7 Å². The molecule has 0 aliphatic carbocycles. The van der Waals surface area contributed by atoms with Gasteiger partial charge in [0.15, 0.2) is 0 Å². The molecule has 1 unspecified atom stereocenters. The average molecular weight is 261 g/mol. The number of hydrogen-bond acceptors (Lipinski definition) is 2. The number of thiol groups is 1. The van der Waals surface area contributed by atoms with Gasteiger partial charge in [0.25, 0.3) is 0 Å². The van der Waals surface area contributed by atoms with Gasteiger partial charge in [0.05, 0.1) is 0 Å². The summed E-state index contributed by atoms with van der Waals surface area (Å²) in [6, 6.07) is 8.09. The largest absolute Gasteiger partial charge is 0.179 e. The van der Waals surface area contributed by atoms with E-state index in [2.05, 4.69) is 31.7 Å². The summed E-state index contributed by atoms with van der Waals surface area (Å²) < 4.78 is 0. The van der Waals surface area contributed by atoms with Gasteiger partial charge in [0, 0.05) is 10.8 Å². The quantitative estimate of drug-likeness (QED) is 0.734. The molecule has 0 aliphatic heterocycles. The Kier molecular flexibility index (Phi) is 6.62. The van der Waals surface area contributed by atoms with Crippen LogP contribution in [0.2, 0.25) is 5.02 Å². The fraction of sp³-hybridized carbons (Fsp3) is 0.500. The van der Waals surface area contributed by atoms with Crippen molar-refractivity contribution in [1.29, 1.82) is 0 Å². The summed E-state index contributed by atoms with van der Waals surface area (Å²) in [6.07, 6.45) is 1.22. The Hall–Kier alpha value is 0.210. The summed E-state index contributed by atoms with van der Waals surface area (Å²) in [7, 11) is 0. The molecule has 0 saturated carbocycles. The Morgan fingerprint density at radius 2 is 2.00 bits per heavy atom. The summed E-state index contributed by atoms with van der Waals surface area (Å²) in [5, 5.41) is 0.811. The van der Waals surface area contributed by atoms with Gasteiger partial charge in [-0.25, -0.2) is 0 Å². The highest BCUT2D eigenvalue weighted by atomic mass is 35.5. The van der Waals surface area contributed by atoms with Crippen molar-refractivity contribution >= 4 is 36.0 Å². The molecular formula is C12H17ClS2. The predicted molar refractivity (Wildman–Crippen MR) is 75.2 cm³/mol. The Morgan fingerprint density at radius 1 is 1.33 bits per heavy atom. The first-order valence-corrected chi connectivity index (χ1v) is 7.35. The van der Waals surface area contributed by atoms with Crippen molar-refractivity contribution in [3.05, 3.63) is 34.9 Å². The molecule has 0 aromatic heterocycles. The normalized spacial score (nSPS) is 12.7. The number of rotatable bonds is 6. The van der Waals surface area contributed by atoms with Gasteiger partial charge in [-0.05, 0) is 35.1 Å². The maximum Gasteiger partial charge on any atom is 0.0406 e. The van der Waals surface area contributed by atoms with E-state index in [-0.39, 0.29) is 0 Å². The van der Waals surface area contributed by atoms with E-state index in [1.54, 1.807) is 0 Å². The smallest absolute Gasteiger partial charge is 0.0406 e. The summed E-state index contributed by atoms with van der Waals surface area (Å²) in [4.78, 5) is 0. The summed E-state index contributed by atoms with van der Waals surface area (Å²) >= 11 is 12.1. The van der Waals surface area contributed by atoms with Gasteiger partial charge in [-0.2, -0.15) is 24.4 Å². The van der Waals surface area contributed by atoms with E-state index < -0.39 is 0 Å². The predicted octanol–water partition coefficient (Wildman–Crippen LogP) is 4.53. The van der Waals surface area contributed by atoms with Crippen LogP contribution in [0.4, 0.5) is 0 Å². The SMILES string of the molecule is CCC(CS)CSCc1ccc(Cl)cc1. The van der Waals surface area contributed by atoms with Gasteiger partial charge in [-0.15, -0.1) is 0 Å². The number of benzene rings is 1. The Morgan fingerprint density at radius 3 is 2.53 bits per heavy atom. The fourth-order valence-corrected chi connectivity index (χ4v) is 3.14. The second kappa shape index (κ2) is 7.48. The van der Waals surface area contributed by atoms with E-state index in [9.17, 15) is 0 Å². The van der Waals surface area contributed by atoms with Crippen LogP contribution in [-0.2, 0) is 5.75 Å². The maximum atomic E-state index is 5.82. The highest BCUT2D eigenvalue weighted by Crippen LogP contribution is 2.19. The summed E-state index contributed by atoms with van der Waals surface area (Å²) in [6.45, 7) is 2.23. The molecule has 0 bridgehead atoms. The van der Waals surface area contributed by atoms with Crippen LogP contribution < -0.4 is 0 Å². The second-order valence-electron chi connectivity index (χ2n) is 3.60. The lowest BCUT2D eigenvalue weighted by Crippen LogP contribution is -2.03. The Balaban J connectivity index is 2.28. The Bertz CT molecular complexity index is 267. The van der Waals surface area contributed by atoms with E-state index >= 15 is 0 Å². The van der Waals surface area contributed by atoms with Gasteiger partial charge in [0.2, 0.25) is 0 Å². The lowest BCUT2D eigenvalue weighted by Gasteiger charge is -2.10. The molecule has 15 heavy (non-hydrogen) atoms. The minimum Gasteiger partial charge on any atom is -0.179 e. The highest BCUT2D eigenvalue weighted by Gasteiger charge is 2.03. The number of halogens is 1. The van der Waals surface area contributed by atoms with Crippen molar-refractivity contribution in [2.24, 2.45) is 5.92 Å². The molecule has 0 saturated heterocycles. The molecule has 3 heteroatoms. The molecule has 0 heterocycles. The third-order valence-corrected chi connectivity index (χ3v) is 4.38. The molecule has 1 aromatic carbocycles. The molecule has 0 spiro atoms. The molecule has 0 aliphatic rings. The lowest BCUT2D eigenvalue weighted by atomic mass is 10.2. The van der Waals surface area contributed by atoms with Gasteiger partial charge in [-0.1, -0.05) is 37.1 Å². The molecule has 1 atom stereocenters. The second-order valence-corrected chi connectivity index (χ2v) is 5.43. The van der Waals surface area contributed by atoms with Crippen LogP contribution in [0, 0.1) is 5.92 Å². The van der Waals surface area contributed by atoms with E-state index in [0.717, 1.165) is 22.4 Å². The van der Waals surface area contributed by atoms with Gasteiger partial charge >= 0.3 is 0 Å². The van der Waals surface area contributed by atoms with Crippen LogP contribution in [-0.4, -0.2) is 11.5 Å². The minimum absolute atomic E-state index is 0.741. The molecule has 84 valence electrons. The summed E-state index contributed by atoms with van der Waals surface area (Å²) in [5.41, 5.74) is 1.35. The third kappa shape index (κ3) is 5.19. The zero-order chi connectivity index (χ0) is 11.1. The van der Waals surface area contributed by atoms with Crippen LogP contribution in [0.3, 0.4) is 0 Å². The summed E-state index contributed by atoms with van der Waals surface area (Å²) in [5.74, 6) is 4.00. The highest BCUT2D eigenvalue weighted by molar-refractivity contribution is 7.98. The molecule has 0 N–H and O–H groups in total. The van der Waals surface area contributed by atoms with Crippen LogP contribution in [0.5, 0.6) is 0 Å². The van der Waals surface area contributed by atoms with Crippen LogP contribution in [0.1, 0.15) is 18.9 Å². The topological polar surface area (TPSA) is 0 Å². The van der Waals surface area contributed by atoms with Gasteiger partial charge in [-0.3, -0.25) is 0 Å². The Labute approximate surface area is 107 Å². The van der Waals surface area contributed by atoms with E-state index in [1.807, 2.05) is 23.9 Å². The fourth-order valence-electron chi connectivity index (χ4n) is 1.22. The zero-order valence-electron chi connectivity index (χ0n) is 8.95. The molecule has 0 fully saturated rings.